The molecule has 1 N–H and O–H groups in total. The van der Waals surface area contributed by atoms with Crippen LogP contribution in [0.2, 0.25) is 5.02 Å². The molecule has 0 spiro atoms. The van der Waals surface area contributed by atoms with Gasteiger partial charge in [-0.2, -0.15) is 5.26 Å². The quantitative estimate of drug-likeness (QED) is 0.919. The Hall–Kier alpha value is -1.84. The highest BCUT2D eigenvalue weighted by atomic mass is 35.5. The van der Waals surface area contributed by atoms with E-state index in [1.54, 1.807) is 6.07 Å². The van der Waals surface area contributed by atoms with Gasteiger partial charge in [0.25, 0.3) is 0 Å². The minimum atomic E-state index is -0.985. The van der Waals surface area contributed by atoms with Crippen molar-refractivity contribution in [3.05, 3.63) is 34.6 Å². The monoisotopic (exact) mass is 326 g/mol. The molecular formula is C15H16ClFN2O3. The second-order valence-corrected chi connectivity index (χ2v) is 5.66. The molecule has 2 unspecified atom stereocenters. The van der Waals surface area contributed by atoms with Gasteiger partial charge in [-0.05, 0) is 36.6 Å². The lowest BCUT2D eigenvalue weighted by Gasteiger charge is -2.35. The highest BCUT2D eigenvalue weighted by Gasteiger charge is 2.31. The summed E-state index contributed by atoms with van der Waals surface area (Å²) in [6.45, 7) is 0.614. The van der Waals surface area contributed by atoms with Crippen LogP contribution < -0.4 is 0 Å². The fourth-order valence-electron chi connectivity index (χ4n) is 2.80. The fourth-order valence-corrected chi connectivity index (χ4v) is 3.03. The number of likely N-dealkylation sites (tertiary alicyclic amines) is 1. The van der Waals surface area contributed by atoms with Gasteiger partial charge in [0.15, 0.2) is 0 Å². The molecule has 7 heteroatoms. The second-order valence-electron chi connectivity index (χ2n) is 5.22. The number of carboxylic acid groups (broad SMARTS) is 1. The zero-order chi connectivity index (χ0) is 16.1. The summed E-state index contributed by atoms with van der Waals surface area (Å²) in [6, 6.07) is 5.99. The van der Waals surface area contributed by atoms with Gasteiger partial charge in [0.05, 0.1) is 12.2 Å². The van der Waals surface area contributed by atoms with Crippen LogP contribution in [-0.4, -0.2) is 35.8 Å². The van der Waals surface area contributed by atoms with Crippen LogP contribution >= 0.6 is 11.6 Å². The number of halogens is 2. The molecule has 2 rings (SSSR count). The van der Waals surface area contributed by atoms with E-state index in [9.17, 15) is 9.18 Å². The third-order valence-electron chi connectivity index (χ3n) is 3.70. The maximum atomic E-state index is 13.6. The number of amides is 1. The molecule has 0 aliphatic carbocycles. The number of hydrogen-bond donors (Lipinski definition) is 1. The first kappa shape index (κ1) is 16.5. The number of hydrogen-bond acceptors (Lipinski definition) is 3. The maximum absolute atomic E-state index is 13.6. The lowest BCUT2D eigenvalue weighted by atomic mass is 9.88. The van der Waals surface area contributed by atoms with E-state index in [1.807, 2.05) is 6.07 Å². The van der Waals surface area contributed by atoms with Crippen molar-refractivity contribution in [3.63, 3.8) is 0 Å². The highest BCUT2D eigenvalue weighted by molar-refractivity contribution is 6.30. The standard InChI is InChI=1S/C15H16ClFN2O3/c16-12-6-11(7-13(17)8-12)14(22-5-3-18)10-2-1-4-19(9-10)15(20)21/h6-8,10,14H,1-2,4-5,9H2,(H,20,21). The van der Waals surface area contributed by atoms with Gasteiger partial charge in [0, 0.05) is 24.0 Å². The van der Waals surface area contributed by atoms with Gasteiger partial charge in [0.2, 0.25) is 0 Å². The molecule has 0 radical (unpaired) electrons. The maximum Gasteiger partial charge on any atom is 0.407 e. The largest absolute Gasteiger partial charge is 0.465 e. The molecule has 1 saturated heterocycles. The normalized spacial score (nSPS) is 19.5. The lowest BCUT2D eigenvalue weighted by molar-refractivity contribution is 0.00126. The van der Waals surface area contributed by atoms with E-state index in [0.717, 1.165) is 6.42 Å². The Morgan fingerprint density at radius 2 is 2.36 bits per heavy atom. The summed E-state index contributed by atoms with van der Waals surface area (Å²) >= 11 is 5.88. The smallest absolute Gasteiger partial charge is 0.407 e. The van der Waals surface area contributed by atoms with Crippen molar-refractivity contribution in [2.75, 3.05) is 19.7 Å². The summed E-state index contributed by atoms with van der Waals surface area (Å²) in [5.41, 5.74) is 0.525. The average molecular weight is 327 g/mol. The molecule has 0 aromatic heterocycles. The third kappa shape index (κ3) is 4.09. The van der Waals surface area contributed by atoms with E-state index in [4.69, 9.17) is 26.7 Å². The summed E-state index contributed by atoms with van der Waals surface area (Å²) in [6.07, 6.45) is -0.100. The van der Waals surface area contributed by atoms with Crippen LogP contribution in [0.3, 0.4) is 0 Å². The van der Waals surface area contributed by atoms with Crippen molar-refractivity contribution in [2.24, 2.45) is 5.92 Å². The molecule has 5 nitrogen and oxygen atoms in total. The van der Waals surface area contributed by atoms with Crippen LogP contribution in [0.15, 0.2) is 18.2 Å². The molecule has 1 fully saturated rings. The molecule has 2 atom stereocenters. The van der Waals surface area contributed by atoms with Gasteiger partial charge in [-0.3, -0.25) is 0 Å². The van der Waals surface area contributed by atoms with Gasteiger partial charge in [-0.15, -0.1) is 0 Å². The predicted molar refractivity (Wildman–Crippen MR) is 78.0 cm³/mol. The molecule has 0 saturated carbocycles. The second kappa shape index (κ2) is 7.43. The average Bonchev–Trinajstić information content (AvgIpc) is 2.47. The van der Waals surface area contributed by atoms with Crippen LogP contribution in [-0.2, 0) is 4.74 Å². The Bertz CT molecular complexity index is 570. The first-order valence-corrected chi connectivity index (χ1v) is 7.31. The zero-order valence-corrected chi connectivity index (χ0v) is 12.6. The number of nitrogens with zero attached hydrogens (tertiary/aromatic N) is 2. The van der Waals surface area contributed by atoms with Crippen LogP contribution in [0, 0.1) is 23.1 Å². The van der Waals surface area contributed by atoms with Crippen LogP contribution in [0.25, 0.3) is 0 Å². The number of ether oxygens (including phenoxy) is 1. The summed E-state index contributed by atoms with van der Waals surface area (Å²) in [5, 5.41) is 18.1. The summed E-state index contributed by atoms with van der Waals surface area (Å²) < 4.78 is 19.1. The number of carbonyl (C=O) groups is 1. The van der Waals surface area contributed by atoms with Gasteiger partial charge in [0.1, 0.15) is 12.4 Å². The molecule has 1 heterocycles. The van der Waals surface area contributed by atoms with Crippen molar-refractivity contribution >= 4 is 17.7 Å². The topological polar surface area (TPSA) is 73.6 Å². The number of rotatable bonds is 4. The molecule has 1 aliphatic rings. The molecule has 1 amide bonds. The Labute approximate surface area is 132 Å². The first-order valence-electron chi connectivity index (χ1n) is 6.93. The molecule has 1 aromatic carbocycles. The van der Waals surface area contributed by atoms with Crippen LogP contribution in [0.1, 0.15) is 24.5 Å². The Morgan fingerprint density at radius 1 is 1.59 bits per heavy atom. The molecule has 22 heavy (non-hydrogen) atoms. The summed E-state index contributed by atoms with van der Waals surface area (Å²) in [5.74, 6) is -0.630. The Morgan fingerprint density at radius 3 is 3.00 bits per heavy atom. The minimum absolute atomic E-state index is 0.143. The molecule has 0 bridgehead atoms. The van der Waals surface area contributed by atoms with Crippen molar-refractivity contribution in [3.8, 4) is 6.07 Å². The summed E-state index contributed by atoms with van der Waals surface area (Å²) in [7, 11) is 0. The van der Waals surface area contributed by atoms with E-state index in [1.165, 1.54) is 17.0 Å². The van der Waals surface area contributed by atoms with Gasteiger partial charge in [-0.1, -0.05) is 11.6 Å². The zero-order valence-electron chi connectivity index (χ0n) is 11.8. The SMILES string of the molecule is N#CCOC(c1cc(F)cc(Cl)c1)C1CCCN(C(=O)O)C1. The number of nitriles is 1. The van der Waals surface area contributed by atoms with Crippen molar-refractivity contribution in [2.45, 2.75) is 18.9 Å². The van der Waals surface area contributed by atoms with Crippen LogP contribution in [0.4, 0.5) is 9.18 Å². The van der Waals surface area contributed by atoms with E-state index in [0.29, 0.717) is 25.1 Å². The highest BCUT2D eigenvalue weighted by Crippen LogP contribution is 2.34. The van der Waals surface area contributed by atoms with E-state index in [2.05, 4.69) is 0 Å². The number of benzene rings is 1. The molecular weight excluding hydrogens is 311 g/mol. The summed E-state index contributed by atoms with van der Waals surface area (Å²) in [4.78, 5) is 12.5. The van der Waals surface area contributed by atoms with Crippen molar-refractivity contribution in [1.29, 1.82) is 5.26 Å². The molecule has 1 aromatic rings. The predicted octanol–water partition coefficient (Wildman–Crippen LogP) is 3.45. The van der Waals surface area contributed by atoms with Gasteiger partial charge in [-0.25, -0.2) is 9.18 Å². The third-order valence-corrected chi connectivity index (χ3v) is 3.92. The Balaban J connectivity index is 2.25. The van der Waals surface area contributed by atoms with E-state index in [-0.39, 0.29) is 17.5 Å². The van der Waals surface area contributed by atoms with Crippen molar-refractivity contribution in [1.82, 2.24) is 4.90 Å². The number of piperidine rings is 1. The van der Waals surface area contributed by atoms with Crippen molar-refractivity contribution < 1.29 is 19.0 Å². The molecule has 118 valence electrons. The Kier molecular flexibility index (Phi) is 5.58. The van der Waals surface area contributed by atoms with Gasteiger partial charge >= 0.3 is 6.09 Å². The van der Waals surface area contributed by atoms with E-state index >= 15 is 0 Å². The fraction of sp³-hybridized carbons (Fsp3) is 0.467. The lowest BCUT2D eigenvalue weighted by Crippen LogP contribution is -2.41. The van der Waals surface area contributed by atoms with E-state index < -0.39 is 18.0 Å². The minimum Gasteiger partial charge on any atom is -0.465 e. The van der Waals surface area contributed by atoms with Crippen LogP contribution in [0.5, 0.6) is 0 Å². The molecule has 1 aliphatic heterocycles. The van der Waals surface area contributed by atoms with Gasteiger partial charge < -0.3 is 14.7 Å². The first-order chi connectivity index (χ1) is 10.5.